The normalized spacial score (nSPS) is 17.8. The van der Waals surface area contributed by atoms with Crippen LogP contribution < -0.4 is 10.6 Å². The standard InChI is InChI=1S/C22H24N2O/c1-23-20-10-6-16(7-11-20)14-18-4-3-5-19(22(18)25)15-17-8-12-21(24-2)13-9-17/h6-15,23-24H,3-5H2,1-2H3/b18-14+,19-15+. The van der Waals surface area contributed by atoms with Crippen molar-refractivity contribution in [1.29, 1.82) is 0 Å². The van der Waals surface area contributed by atoms with Gasteiger partial charge in [-0.15, -0.1) is 0 Å². The van der Waals surface area contributed by atoms with Crippen LogP contribution in [0.15, 0.2) is 59.7 Å². The molecule has 0 aromatic heterocycles. The highest BCUT2D eigenvalue weighted by Crippen LogP contribution is 2.28. The number of carbonyl (C=O) groups excluding carboxylic acids is 1. The van der Waals surface area contributed by atoms with E-state index in [4.69, 9.17) is 0 Å². The maximum Gasteiger partial charge on any atom is 0.185 e. The van der Waals surface area contributed by atoms with Crippen LogP contribution in [0.5, 0.6) is 0 Å². The lowest BCUT2D eigenvalue weighted by Gasteiger charge is -2.16. The summed E-state index contributed by atoms with van der Waals surface area (Å²) in [5.41, 5.74) is 6.09. The zero-order valence-corrected chi connectivity index (χ0v) is 14.8. The maximum atomic E-state index is 12.8. The Balaban J connectivity index is 1.81. The SMILES string of the molecule is CNc1ccc(/C=C2\CCC/C(=C\c3ccc(NC)cc3)C2=O)cc1. The molecule has 0 atom stereocenters. The van der Waals surface area contributed by atoms with Crippen LogP contribution in [0.1, 0.15) is 30.4 Å². The van der Waals surface area contributed by atoms with Crippen LogP contribution in [0.25, 0.3) is 12.2 Å². The van der Waals surface area contributed by atoms with Crippen molar-refractivity contribution in [2.75, 3.05) is 24.7 Å². The minimum atomic E-state index is 0.182. The quantitative estimate of drug-likeness (QED) is 0.775. The molecule has 0 bridgehead atoms. The van der Waals surface area contributed by atoms with E-state index in [0.29, 0.717) is 0 Å². The van der Waals surface area contributed by atoms with Crippen LogP contribution in [0.4, 0.5) is 11.4 Å². The summed E-state index contributed by atoms with van der Waals surface area (Å²) in [4.78, 5) is 12.8. The average Bonchev–Trinajstić information content (AvgIpc) is 2.66. The molecule has 2 aromatic carbocycles. The summed E-state index contributed by atoms with van der Waals surface area (Å²) in [5.74, 6) is 0.182. The Morgan fingerprint density at radius 3 is 1.48 bits per heavy atom. The zero-order chi connectivity index (χ0) is 17.6. The van der Waals surface area contributed by atoms with Gasteiger partial charge in [0, 0.05) is 36.6 Å². The highest BCUT2D eigenvalue weighted by atomic mass is 16.1. The second-order valence-corrected chi connectivity index (χ2v) is 6.27. The minimum absolute atomic E-state index is 0.182. The van der Waals surface area contributed by atoms with Crippen LogP contribution in [-0.2, 0) is 4.79 Å². The molecule has 0 amide bonds. The fourth-order valence-electron chi connectivity index (χ4n) is 3.07. The van der Waals surface area contributed by atoms with Crippen molar-refractivity contribution in [3.63, 3.8) is 0 Å². The Morgan fingerprint density at radius 1 is 0.720 bits per heavy atom. The molecule has 0 unspecified atom stereocenters. The summed E-state index contributed by atoms with van der Waals surface area (Å²) in [5, 5.41) is 6.22. The first-order valence-corrected chi connectivity index (χ1v) is 8.71. The number of allylic oxidation sites excluding steroid dienone is 2. The van der Waals surface area contributed by atoms with Gasteiger partial charge in [-0.3, -0.25) is 4.79 Å². The first-order valence-electron chi connectivity index (χ1n) is 8.71. The Bertz CT molecular complexity index is 731. The second-order valence-electron chi connectivity index (χ2n) is 6.27. The van der Waals surface area contributed by atoms with E-state index < -0.39 is 0 Å². The predicted molar refractivity (Wildman–Crippen MR) is 107 cm³/mol. The number of nitrogens with one attached hydrogen (secondary N) is 2. The van der Waals surface area contributed by atoms with Crippen molar-refractivity contribution in [2.24, 2.45) is 0 Å². The lowest BCUT2D eigenvalue weighted by molar-refractivity contribution is -0.112. The van der Waals surface area contributed by atoms with E-state index in [0.717, 1.165) is 52.9 Å². The van der Waals surface area contributed by atoms with Crippen molar-refractivity contribution in [3.05, 3.63) is 70.8 Å². The molecule has 1 aliphatic rings. The van der Waals surface area contributed by atoms with E-state index in [1.165, 1.54) is 0 Å². The van der Waals surface area contributed by atoms with Gasteiger partial charge < -0.3 is 10.6 Å². The fourth-order valence-corrected chi connectivity index (χ4v) is 3.07. The van der Waals surface area contributed by atoms with Gasteiger partial charge in [-0.1, -0.05) is 24.3 Å². The summed E-state index contributed by atoms with van der Waals surface area (Å²) in [6.45, 7) is 0. The number of Topliss-reactive ketones (excluding diaryl/α,β-unsaturated/α-hetero) is 1. The van der Waals surface area contributed by atoms with E-state index in [9.17, 15) is 4.79 Å². The van der Waals surface area contributed by atoms with Crippen LogP contribution in [0, 0.1) is 0 Å². The summed E-state index contributed by atoms with van der Waals surface area (Å²) < 4.78 is 0. The molecule has 1 saturated carbocycles. The molecule has 0 aliphatic heterocycles. The van der Waals surface area contributed by atoms with Crippen molar-refractivity contribution in [2.45, 2.75) is 19.3 Å². The lowest BCUT2D eigenvalue weighted by atomic mass is 9.87. The molecule has 2 N–H and O–H groups in total. The highest BCUT2D eigenvalue weighted by molar-refractivity contribution is 6.13. The molecule has 2 aromatic rings. The molecule has 0 saturated heterocycles. The Morgan fingerprint density at radius 2 is 1.12 bits per heavy atom. The minimum Gasteiger partial charge on any atom is -0.388 e. The zero-order valence-electron chi connectivity index (χ0n) is 14.8. The number of carbonyl (C=O) groups is 1. The largest absolute Gasteiger partial charge is 0.388 e. The molecule has 0 spiro atoms. The predicted octanol–water partition coefficient (Wildman–Crippen LogP) is 4.99. The summed E-state index contributed by atoms with van der Waals surface area (Å²) in [6.07, 6.45) is 6.77. The number of benzene rings is 2. The smallest absolute Gasteiger partial charge is 0.185 e. The maximum absolute atomic E-state index is 12.8. The van der Waals surface area contributed by atoms with Crippen molar-refractivity contribution < 1.29 is 4.79 Å². The topological polar surface area (TPSA) is 41.1 Å². The van der Waals surface area contributed by atoms with E-state index in [1.807, 2.05) is 74.8 Å². The van der Waals surface area contributed by atoms with Gasteiger partial charge in [-0.05, 0) is 66.8 Å². The van der Waals surface area contributed by atoms with E-state index in [2.05, 4.69) is 10.6 Å². The summed E-state index contributed by atoms with van der Waals surface area (Å²) >= 11 is 0. The molecular weight excluding hydrogens is 308 g/mol. The third kappa shape index (κ3) is 4.18. The van der Waals surface area contributed by atoms with Crippen molar-refractivity contribution >= 4 is 29.3 Å². The van der Waals surface area contributed by atoms with E-state index >= 15 is 0 Å². The lowest BCUT2D eigenvalue weighted by Crippen LogP contribution is -2.12. The molecule has 25 heavy (non-hydrogen) atoms. The summed E-state index contributed by atoms with van der Waals surface area (Å²) in [6, 6.07) is 16.3. The molecule has 1 aliphatic carbocycles. The van der Waals surface area contributed by atoms with Gasteiger partial charge in [0.2, 0.25) is 0 Å². The van der Waals surface area contributed by atoms with Crippen LogP contribution in [0.3, 0.4) is 0 Å². The molecule has 3 nitrogen and oxygen atoms in total. The number of ketones is 1. The molecule has 1 fully saturated rings. The van der Waals surface area contributed by atoms with Gasteiger partial charge in [0.25, 0.3) is 0 Å². The molecule has 0 radical (unpaired) electrons. The summed E-state index contributed by atoms with van der Waals surface area (Å²) in [7, 11) is 3.80. The van der Waals surface area contributed by atoms with E-state index in [1.54, 1.807) is 0 Å². The van der Waals surface area contributed by atoms with E-state index in [-0.39, 0.29) is 5.78 Å². The third-order valence-corrected chi connectivity index (χ3v) is 4.56. The third-order valence-electron chi connectivity index (χ3n) is 4.56. The van der Waals surface area contributed by atoms with Crippen molar-refractivity contribution in [3.8, 4) is 0 Å². The molecule has 0 heterocycles. The average molecular weight is 332 g/mol. The number of hydrogen-bond donors (Lipinski definition) is 2. The van der Waals surface area contributed by atoms with Crippen LogP contribution in [-0.4, -0.2) is 19.9 Å². The van der Waals surface area contributed by atoms with Crippen molar-refractivity contribution in [1.82, 2.24) is 0 Å². The van der Waals surface area contributed by atoms with Gasteiger partial charge >= 0.3 is 0 Å². The molecular formula is C22H24N2O. The fraction of sp³-hybridized carbons (Fsp3) is 0.227. The van der Waals surface area contributed by atoms with Gasteiger partial charge in [0.05, 0.1) is 0 Å². The first kappa shape index (κ1) is 17.0. The Labute approximate surface area is 149 Å². The van der Waals surface area contributed by atoms with Crippen LogP contribution >= 0.6 is 0 Å². The van der Waals surface area contributed by atoms with Crippen LogP contribution in [0.2, 0.25) is 0 Å². The number of hydrogen-bond acceptors (Lipinski definition) is 3. The highest BCUT2D eigenvalue weighted by Gasteiger charge is 2.20. The number of rotatable bonds is 4. The first-order chi connectivity index (χ1) is 12.2. The van der Waals surface area contributed by atoms with Gasteiger partial charge in [0.1, 0.15) is 0 Å². The monoisotopic (exact) mass is 332 g/mol. The number of anilines is 2. The van der Waals surface area contributed by atoms with Gasteiger partial charge in [0.15, 0.2) is 5.78 Å². The molecule has 3 rings (SSSR count). The molecule has 3 heteroatoms. The Kier molecular flexibility index (Phi) is 5.34. The molecule has 128 valence electrons. The second kappa shape index (κ2) is 7.84. The van der Waals surface area contributed by atoms with Gasteiger partial charge in [-0.2, -0.15) is 0 Å². The Hall–Kier alpha value is -2.81. The van der Waals surface area contributed by atoms with Gasteiger partial charge in [-0.25, -0.2) is 0 Å².